The Hall–Kier alpha value is -1.58. The molecule has 1 aromatic rings. The van der Waals surface area contributed by atoms with Gasteiger partial charge in [-0.05, 0) is 43.7 Å². The minimum Gasteiger partial charge on any atom is -0.384 e. The molecule has 1 heterocycles. The Morgan fingerprint density at radius 1 is 1.45 bits per heavy atom. The van der Waals surface area contributed by atoms with Crippen LogP contribution in [-0.2, 0) is 12.8 Å². The number of nitrogens with one attached hydrogen (secondary N) is 1. The molecule has 1 atom stereocenters. The second kappa shape index (κ2) is 6.25. The van der Waals surface area contributed by atoms with E-state index in [-0.39, 0.29) is 5.84 Å². The third kappa shape index (κ3) is 2.94. The maximum atomic E-state index is 7.85. The van der Waals surface area contributed by atoms with Gasteiger partial charge in [-0.3, -0.25) is 5.41 Å². The third-order valence-corrected chi connectivity index (χ3v) is 4.23. The van der Waals surface area contributed by atoms with Crippen LogP contribution in [0.1, 0.15) is 50.4 Å². The zero-order valence-electron chi connectivity index (χ0n) is 12.9. The Labute approximate surface area is 121 Å². The summed E-state index contributed by atoms with van der Waals surface area (Å²) in [5, 5.41) is 7.85. The standard InChI is InChI=1S/C16H26N4/c1-4-11(3)10-20(5-2)16-13(15(17)18)9-12-7-6-8-14(12)19-16/h9,11H,4-8,10H2,1-3H3,(H3,17,18). The van der Waals surface area contributed by atoms with Crippen molar-refractivity contribution in [3.8, 4) is 0 Å². The van der Waals surface area contributed by atoms with Crippen LogP contribution in [0.25, 0.3) is 0 Å². The first-order valence-corrected chi connectivity index (χ1v) is 7.68. The lowest BCUT2D eigenvalue weighted by molar-refractivity contribution is 0.545. The Morgan fingerprint density at radius 2 is 2.20 bits per heavy atom. The molecule has 110 valence electrons. The van der Waals surface area contributed by atoms with E-state index in [9.17, 15) is 0 Å². The average Bonchev–Trinajstić information content (AvgIpc) is 2.90. The zero-order chi connectivity index (χ0) is 14.7. The Morgan fingerprint density at radius 3 is 2.80 bits per heavy atom. The molecule has 4 heteroatoms. The highest BCUT2D eigenvalue weighted by molar-refractivity contribution is 5.99. The Balaban J connectivity index is 2.39. The molecule has 1 aliphatic rings. The van der Waals surface area contributed by atoms with E-state index in [1.165, 1.54) is 17.7 Å². The molecule has 4 nitrogen and oxygen atoms in total. The van der Waals surface area contributed by atoms with Crippen LogP contribution >= 0.6 is 0 Å². The number of amidine groups is 1. The van der Waals surface area contributed by atoms with Gasteiger partial charge in [0.15, 0.2) is 0 Å². The fourth-order valence-corrected chi connectivity index (χ4v) is 2.77. The SMILES string of the molecule is CCC(C)CN(CC)c1nc2c(cc1C(=N)N)CCC2. The summed E-state index contributed by atoms with van der Waals surface area (Å²) in [7, 11) is 0. The third-order valence-electron chi connectivity index (χ3n) is 4.23. The number of hydrogen-bond acceptors (Lipinski definition) is 3. The summed E-state index contributed by atoms with van der Waals surface area (Å²) in [6.45, 7) is 8.47. The number of fused-ring (bicyclic) bond motifs is 1. The van der Waals surface area contributed by atoms with Crippen LogP contribution < -0.4 is 10.6 Å². The highest BCUT2D eigenvalue weighted by Crippen LogP contribution is 2.27. The topological polar surface area (TPSA) is 66.0 Å². The predicted octanol–water partition coefficient (Wildman–Crippen LogP) is 2.73. The van der Waals surface area contributed by atoms with Crippen LogP contribution in [0.4, 0.5) is 5.82 Å². The molecule has 1 aromatic heterocycles. The van der Waals surface area contributed by atoms with E-state index in [1.54, 1.807) is 0 Å². The maximum Gasteiger partial charge on any atom is 0.139 e. The molecule has 1 unspecified atom stereocenters. The van der Waals surface area contributed by atoms with Crippen LogP contribution in [0.15, 0.2) is 6.07 Å². The minimum atomic E-state index is 0.129. The summed E-state index contributed by atoms with van der Waals surface area (Å²) >= 11 is 0. The van der Waals surface area contributed by atoms with E-state index < -0.39 is 0 Å². The lowest BCUT2D eigenvalue weighted by atomic mass is 10.1. The van der Waals surface area contributed by atoms with Crippen molar-refractivity contribution in [1.29, 1.82) is 5.41 Å². The largest absolute Gasteiger partial charge is 0.384 e. The molecule has 0 saturated carbocycles. The molecule has 0 saturated heterocycles. The normalized spacial score (nSPS) is 14.9. The molecule has 1 aliphatic carbocycles. The van der Waals surface area contributed by atoms with Gasteiger partial charge >= 0.3 is 0 Å². The maximum absolute atomic E-state index is 7.85. The first-order chi connectivity index (χ1) is 9.56. The van der Waals surface area contributed by atoms with Crippen molar-refractivity contribution >= 4 is 11.7 Å². The number of aryl methyl sites for hydroxylation is 2. The molecule has 2 rings (SSSR count). The first-order valence-electron chi connectivity index (χ1n) is 7.68. The van der Waals surface area contributed by atoms with Crippen molar-refractivity contribution in [2.24, 2.45) is 11.7 Å². The molecular formula is C16H26N4. The number of rotatable bonds is 6. The Kier molecular flexibility index (Phi) is 4.63. The van der Waals surface area contributed by atoms with Crippen molar-refractivity contribution in [1.82, 2.24) is 4.98 Å². The molecular weight excluding hydrogens is 248 g/mol. The van der Waals surface area contributed by atoms with Crippen LogP contribution in [0, 0.1) is 11.3 Å². The first kappa shape index (κ1) is 14.8. The molecule has 0 spiro atoms. The Bertz CT molecular complexity index is 495. The fourth-order valence-electron chi connectivity index (χ4n) is 2.77. The molecule has 0 fully saturated rings. The summed E-state index contributed by atoms with van der Waals surface area (Å²) < 4.78 is 0. The lowest BCUT2D eigenvalue weighted by Crippen LogP contribution is -2.31. The number of anilines is 1. The summed E-state index contributed by atoms with van der Waals surface area (Å²) in [6.07, 6.45) is 4.44. The van der Waals surface area contributed by atoms with Gasteiger partial charge in [-0.15, -0.1) is 0 Å². The van der Waals surface area contributed by atoms with E-state index >= 15 is 0 Å². The molecule has 0 bridgehead atoms. The van der Waals surface area contributed by atoms with Gasteiger partial charge in [-0.1, -0.05) is 20.3 Å². The molecule has 0 aliphatic heterocycles. The molecule has 0 amide bonds. The number of nitrogens with zero attached hydrogens (tertiary/aromatic N) is 2. The van der Waals surface area contributed by atoms with Crippen LogP contribution in [-0.4, -0.2) is 23.9 Å². The van der Waals surface area contributed by atoms with Crippen molar-refractivity contribution in [2.45, 2.75) is 46.5 Å². The number of hydrogen-bond donors (Lipinski definition) is 2. The van der Waals surface area contributed by atoms with Gasteiger partial charge in [-0.2, -0.15) is 0 Å². The van der Waals surface area contributed by atoms with Gasteiger partial charge in [0.25, 0.3) is 0 Å². The summed E-state index contributed by atoms with van der Waals surface area (Å²) in [4.78, 5) is 7.11. The lowest BCUT2D eigenvalue weighted by Gasteiger charge is -2.27. The fraction of sp³-hybridized carbons (Fsp3) is 0.625. The van der Waals surface area contributed by atoms with Gasteiger partial charge in [0.2, 0.25) is 0 Å². The van der Waals surface area contributed by atoms with Gasteiger partial charge in [0.05, 0.1) is 5.56 Å². The van der Waals surface area contributed by atoms with Crippen molar-refractivity contribution in [3.63, 3.8) is 0 Å². The second-order valence-corrected chi connectivity index (χ2v) is 5.78. The van der Waals surface area contributed by atoms with Crippen molar-refractivity contribution in [2.75, 3.05) is 18.0 Å². The molecule has 3 N–H and O–H groups in total. The average molecular weight is 274 g/mol. The van der Waals surface area contributed by atoms with E-state index in [0.717, 1.165) is 43.7 Å². The molecule has 20 heavy (non-hydrogen) atoms. The van der Waals surface area contributed by atoms with Gasteiger partial charge in [-0.25, -0.2) is 4.98 Å². The summed E-state index contributed by atoms with van der Waals surface area (Å²) in [5.74, 6) is 1.65. The second-order valence-electron chi connectivity index (χ2n) is 5.78. The molecule has 0 aromatic carbocycles. The quantitative estimate of drug-likeness (QED) is 0.619. The van der Waals surface area contributed by atoms with Gasteiger partial charge in [0.1, 0.15) is 11.7 Å². The van der Waals surface area contributed by atoms with Crippen LogP contribution in [0.3, 0.4) is 0 Å². The van der Waals surface area contributed by atoms with E-state index in [0.29, 0.717) is 5.92 Å². The van der Waals surface area contributed by atoms with Gasteiger partial charge < -0.3 is 10.6 Å². The van der Waals surface area contributed by atoms with Crippen LogP contribution in [0.2, 0.25) is 0 Å². The molecule has 0 radical (unpaired) electrons. The predicted molar refractivity (Wildman–Crippen MR) is 84.6 cm³/mol. The number of aromatic nitrogens is 1. The van der Waals surface area contributed by atoms with Crippen LogP contribution in [0.5, 0.6) is 0 Å². The summed E-state index contributed by atoms with van der Waals surface area (Å²) in [6, 6.07) is 2.09. The van der Waals surface area contributed by atoms with Crippen molar-refractivity contribution < 1.29 is 0 Å². The highest BCUT2D eigenvalue weighted by atomic mass is 15.2. The monoisotopic (exact) mass is 274 g/mol. The number of nitrogens with two attached hydrogens (primary N) is 1. The van der Waals surface area contributed by atoms with E-state index in [1.807, 2.05) is 0 Å². The number of pyridine rings is 1. The minimum absolute atomic E-state index is 0.129. The zero-order valence-corrected chi connectivity index (χ0v) is 12.9. The van der Waals surface area contributed by atoms with Gasteiger partial charge in [0, 0.05) is 18.8 Å². The number of nitrogen functional groups attached to an aromatic ring is 1. The van der Waals surface area contributed by atoms with E-state index in [4.69, 9.17) is 16.1 Å². The van der Waals surface area contributed by atoms with Crippen molar-refractivity contribution in [3.05, 3.63) is 22.9 Å². The smallest absolute Gasteiger partial charge is 0.139 e. The highest BCUT2D eigenvalue weighted by Gasteiger charge is 2.21. The van der Waals surface area contributed by atoms with E-state index in [2.05, 4.69) is 31.7 Å². The summed E-state index contributed by atoms with van der Waals surface area (Å²) in [5.41, 5.74) is 9.06.